The van der Waals surface area contributed by atoms with Crippen LogP contribution in [0.15, 0.2) is 30.3 Å². The molecule has 3 heteroatoms. The van der Waals surface area contributed by atoms with Gasteiger partial charge in [-0.25, -0.2) is 0 Å². The minimum Gasteiger partial charge on any atom is -0.390 e. The van der Waals surface area contributed by atoms with Crippen LogP contribution in [0.1, 0.15) is 51.0 Å². The lowest BCUT2D eigenvalue weighted by atomic mass is 9.81. The Hall–Kier alpha value is -0.900. The van der Waals surface area contributed by atoms with Crippen LogP contribution in [-0.2, 0) is 9.47 Å². The second kappa shape index (κ2) is 7.39. The van der Waals surface area contributed by atoms with Crippen LogP contribution in [0.3, 0.4) is 0 Å². The van der Waals surface area contributed by atoms with Gasteiger partial charge in [0.15, 0.2) is 0 Å². The van der Waals surface area contributed by atoms with Crippen LogP contribution in [0.25, 0.3) is 0 Å². The molecule has 1 aromatic carbocycles. The summed E-state index contributed by atoms with van der Waals surface area (Å²) in [6.07, 6.45) is 3.20. The lowest BCUT2D eigenvalue weighted by Crippen LogP contribution is -2.36. The molecule has 3 atom stereocenters. The molecule has 0 amide bonds. The van der Waals surface area contributed by atoms with Gasteiger partial charge < -0.3 is 14.6 Å². The fraction of sp³-hybridized carbons (Fsp3) is 0.667. The smallest absolute Gasteiger partial charge is 0.0839 e. The van der Waals surface area contributed by atoms with E-state index < -0.39 is 0 Å². The Kier molecular flexibility index (Phi) is 5.80. The quantitative estimate of drug-likeness (QED) is 0.872. The molecule has 1 fully saturated rings. The molecule has 3 unspecified atom stereocenters. The Morgan fingerprint density at radius 1 is 1.19 bits per heavy atom. The summed E-state index contributed by atoms with van der Waals surface area (Å²) in [5.74, 6) is 0.495. The monoisotopic (exact) mass is 292 g/mol. The SMILES string of the molecule is COC(C)(C)CCOC1CC(c2ccccc2)CCC1O. The van der Waals surface area contributed by atoms with Gasteiger partial charge in [0, 0.05) is 13.7 Å². The van der Waals surface area contributed by atoms with Crippen molar-refractivity contribution in [2.45, 2.75) is 63.3 Å². The van der Waals surface area contributed by atoms with Gasteiger partial charge in [-0.2, -0.15) is 0 Å². The standard InChI is InChI=1S/C18H28O3/c1-18(2,20-3)11-12-21-17-13-15(9-10-16(17)19)14-7-5-4-6-8-14/h4-8,15-17,19H,9-13H2,1-3H3. The molecule has 118 valence electrons. The Morgan fingerprint density at radius 3 is 2.57 bits per heavy atom. The molecule has 0 spiro atoms. The second-order valence-corrected chi connectivity index (χ2v) is 6.61. The highest BCUT2D eigenvalue weighted by Gasteiger charge is 2.31. The lowest BCUT2D eigenvalue weighted by Gasteiger charge is -2.34. The number of rotatable bonds is 6. The van der Waals surface area contributed by atoms with E-state index in [0.29, 0.717) is 12.5 Å². The maximum absolute atomic E-state index is 10.2. The molecule has 0 bridgehead atoms. The van der Waals surface area contributed by atoms with Crippen LogP contribution in [-0.4, -0.2) is 36.6 Å². The van der Waals surface area contributed by atoms with Crippen LogP contribution in [0.2, 0.25) is 0 Å². The van der Waals surface area contributed by atoms with E-state index in [9.17, 15) is 5.11 Å². The fourth-order valence-corrected chi connectivity index (χ4v) is 2.88. The van der Waals surface area contributed by atoms with Gasteiger partial charge >= 0.3 is 0 Å². The number of hydrogen-bond acceptors (Lipinski definition) is 3. The van der Waals surface area contributed by atoms with E-state index in [1.54, 1.807) is 7.11 Å². The average molecular weight is 292 g/mol. The second-order valence-electron chi connectivity index (χ2n) is 6.61. The van der Waals surface area contributed by atoms with Crippen molar-refractivity contribution in [3.05, 3.63) is 35.9 Å². The Labute approximate surface area is 128 Å². The first-order valence-corrected chi connectivity index (χ1v) is 7.91. The van der Waals surface area contributed by atoms with Crippen LogP contribution in [0.5, 0.6) is 0 Å². The van der Waals surface area contributed by atoms with Crippen LogP contribution < -0.4 is 0 Å². The molecule has 0 saturated heterocycles. The van der Waals surface area contributed by atoms with E-state index >= 15 is 0 Å². The van der Waals surface area contributed by atoms with Gasteiger partial charge in [0.2, 0.25) is 0 Å². The van der Waals surface area contributed by atoms with Crippen molar-refractivity contribution in [3.63, 3.8) is 0 Å². The summed E-state index contributed by atoms with van der Waals surface area (Å²) in [5, 5.41) is 10.2. The highest BCUT2D eigenvalue weighted by molar-refractivity contribution is 5.20. The lowest BCUT2D eigenvalue weighted by molar-refractivity contribution is -0.0821. The molecular formula is C18H28O3. The third kappa shape index (κ3) is 4.80. The first kappa shape index (κ1) is 16.5. The van der Waals surface area contributed by atoms with E-state index in [0.717, 1.165) is 25.7 Å². The molecule has 1 saturated carbocycles. The summed E-state index contributed by atoms with van der Waals surface area (Å²) in [7, 11) is 1.72. The first-order valence-electron chi connectivity index (χ1n) is 7.91. The fourth-order valence-electron chi connectivity index (χ4n) is 2.88. The van der Waals surface area contributed by atoms with Crippen LogP contribution in [0, 0.1) is 0 Å². The van der Waals surface area contributed by atoms with Crippen molar-refractivity contribution < 1.29 is 14.6 Å². The Balaban J connectivity index is 1.87. The van der Waals surface area contributed by atoms with Crippen molar-refractivity contribution in [1.29, 1.82) is 0 Å². The van der Waals surface area contributed by atoms with Crippen molar-refractivity contribution in [3.8, 4) is 0 Å². The van der Waals surface area contributed by atoms with Crippen molar-refractivity contribution in [1.82, 2.24) is 0 Å². The average Bonchev–Trinajstić information content (AvgIpc) is 2.50. The summed E-state index contributed by atoms with van der Waals surface area (Å²) in [5.41, 5.74) is 1.19. The Bertz CT molecular complexity index is 416. The van der Waals surface area contributed by atoms with Crippen molar-refractivity contribution >= 4 is 0 Å². The molecule has 1 N–H and O–H groups in total. The molecule has 1 aliphatic carbocycles. The van der Waals surface area contributed by atoms with Gasteiger partial charge in [-0.1, -0.05) is 30.3 Å². The van der Waals surface area contributed by atoms with E-state index in [4.69, 9.17) is 9.47 Å². The predicted molar refractivity (Wildman–Crippen MR) is 84.5 cm³/mol. The Morgan fingerprint density at radius 2 is 1.90 bits per heavy atom. The number of benzene rings is 1. The van der Waals surface area contributed by atoms with E-state index in [-0.39, 0.29) is 17.8 Å². The van der Waals surface area contributed by atoms with Gasteiger partial charge in [0.1, 0.15) is 0 Å². The van der Waals surface area contributed by atoms with Gasteiger partial charge in [0.25, 0.3) is 0 Å². The zero-order valence-corrected chi connectivity index (χ0v) is 13.4. The summed E-state index contributed by atoms with van der Waals surface area (Å²) in [4.78, 5) is 0. The zero-order valence-electron chi connectivity index (χ0n) is 13.4. The van der Waals surface area contributed by atoms with Gasteiger partial charge in [0.05, 0.1) is 17.8 Å². The predicted octanol–water partition coefficient (Wildman–Crippen LogP) is 3.52. The molecule has 21 heavy (non-hydrogen) atoms. The zero-order chi connectivity index (χ0) is 15.3. The summed E-state index contributed by atoms with van der Waals surface area (Å²) >= 11 is 0. The molecule has 0 aromatic heterocycles. The molecular weight excluding hydrogens is 264 g/mol. The van der Waals surface area contributed by atoms with Crippen molar-refractivity contribution in [2.75, 3.05) is 13.7 Å². The first-order chi connectivity index (χ1) is 10.0. The summed E-state index contributed by atoms with van der Waals surface area (Å²) < 4.78 is 11.4. The number of ether oxygens (including phenoxy) is 2. The number of aliphatic hydroxyl groups is 1. The number of aliphatic hydroxyl groups excluding tert-OH is 1. The molecule has 0 radical (unpaired) electrons. The molecule has 1 aliphatic rings. The molecule has 0 aliphatic heterocycles. The van der Waals surface area contributed by atoms with E-state index in [1.165, 1.54) is 5.56 Å². The van der Waals surface area contributed by atoms with E-state index in [1.807, 2.05) is 6.07 Å². The highest BCUT2D eigenvalue weighted by atomic mass is 16.5. The van der Waals surface area contributed by atoms with Crippen molar-refractivity contribution in [2.24, 2.45) is 0 Å². The summed E-state index contributed by atoms with van der Waals surface area (Å²) in [6.45, 7) is 4.74. The number of methoxy groups -OCH3 is 1. The largest absolute Gasteiger partial charge is 0.390 e. The molecule has 2 rings (SSSR count). The normalized spacial score (nSPS) is 26.8. The van der Waals surface area contributed by atoms with Gasteiger partial charge in [-0.3, -0.25) is 0 Å². The topological polar surface area (TPSA) is 38.7 Å². The van der Waals surface area contributed by atoms with E-state index in [2.05, 4.69) is 38.1 Å². The molecule has 1 aromatic rings. The minimum atomic E-state index is -0.337. The van der Waals surface area contributed by atoms with Gasteiger partial charge in [-0.15, -0.1) is 0 Å². The maximum atomic E-state index is 10.2. The highest BCUT2D eigenvalue weighted by Crippen LogP contribution is 2.34. The maximum Gasteiger partial charge on any atom is 0.0839 e. The third-order valence-corrected chi connectivity index (χ3v) is 4.62. The summed E-state index contributed by atoms with van der Waals surface area (Å²) in [6, 6.07) is 10.6. The minimum absolute atomic E-state index is 0.0587. The third-order valence-electron chi connectivity index (χ3n) is 4.62. The molecule has 0 heterocycles. The van der Waals surface area contributed by atoms with Gasteiger partial charge in [-0.05, 0) is 51.0 Å². The van der Waals surface area contributed by atoms with Crippen LogP contribution in [0.4, 0.5) is 0 Å². The molecule has 3 nitrogen and oxygen atoms in total. The number of hydrogen-bond donors (Lipinski definition) is 1. The van der Waals surface area contributed by atoms with Crippen LogP contribution >= 0.6 is 0 Å².